The van der Waals surface area contributed by atoms with Gasteiger partial charge in [-0.05, 0) is 6.07 Å². The van der Waals surface area contributed by atoms with Gasteiger partial charge in [0, 0.05) is 19.0 Å². The third kappa shape index (κ3) is 2.57. The van der Waals surface area contributed by atoms with E-state index >= 15 is 0 Å². The average Bonchev–Trinajstić information content (AvgIpc) is 3.20. The Hall–Kier alpha value is -2.41. The quantitative estimate of drug-likeness (QED) is 0.835. The molecule has 0 spiro atoms. The fraction of sp³-hybridized carbons (Fsp3) is 0.438. The summed E-state index contributed by atoms with van der Waals surface area (Å²) in [5.74, 6) is 1.50. The van der Waals surface area contributed by atoms with Crippen molar-refractivity contribution in [3.05, 3.63) is 41.6 Å². The minimum Gasteiger partial charge on any atom is -0.492 e. The second kappa shape index (κ2) is 5.66. The standard InChI is InChI=1S/C16H17N3O4/c1-10-17-18-15(23-10)14-8-19(6-7-21-14)16(20)12-9-22-13-5-3-2-4-11(12)13/h2-5,12,14H,6-9H2,1H3/t12-,14-/m0/s1. The number of nitrogens with zero attached hydrogens (tertiary/aromatic N) is 3. The number of aryl methyl sites for hydroxylation is 1. The molecule has 0 aliphatic carbocycles. The van der Waals surface area contributed by atoms with E-state index in [2.05, 4.69) is 10.2 Å². The molecule has 7 heteroatoms. The molecule has 0 bridgehead atoms. The Bertz CT molecular complexity index is 730. The van der Waals surface area contributed by atoms with E-state index in [1.807, 2.05) is 24.3 Å². The number of fused-ring (bicyclic) bond motifs is 1. The van der Waals surface area contributed by atoms with Crippen molar-refractivity contribution in [2.24, 2.45) is 0 Å². The van der Waals surface area contributed by atoms with Crippen molar-refractivity contribution in [1.29, 1.82) is 0 Å². The summed E-state index contributed by atoms with van der Waals surface area (Å²) < 4.78 is 16.7. The lowest BCUT2D eigenvalue weighted by atomic mass is 9.99. The molecule has 1 aromatic carbocycles. The van der Waals surface area contributed by atoms with Crippen molar-refractivity contribution in [1.82, 2.24) is 15.1 Å². The number of carbonyl (C=O) groups is 1. The summed E-state index contributed by atoms with van der Waals surface area (Å²) in [5, 5.41) is 7.81. The number of ether oxygens (including phenoxy) is 2. The molecular weight excluding hydrogens is 298 g/mol. The molecule has 3 heterocycles. The second-order valence-electron chi connectivity index (χ2n) is 5.70. The number of hydrogen-bond donors (Lipinski definition) is 0. The highest BCUT2D eigenvalue weighted by atomic mass is 16.5. The Kier molecular flexibility index (Phi) is 3.49. The molecule has 2 aromatic rings. The maximum absolute atomic E-state index is 12.9. The normalized spacial score (nSPS) is 23.4. The van der Waals surface area contributed by atoms with Gasteiger partial charge in [0.15, 0.2) is 6.10 Å². The van der Waals surface area contributed by atoms with Gasteiger partial charge in [-0.15, -0.1) is 10.2 Å². The third-order valence-corrected chi connectivity index (χ3v) is 4.19. The van der Waals surface area contributed by atoms with Gasteiger partial charge < -0.3 is 18.8 Å². The summed E-state index contributed by atoms with van der Waals surface area (Å²) in [6, 6.07) is 7.68. The van der Waals surface area contributed by atoms with Crippen molar-refractivity contribution < 1.29 is 18.7 Å². The van der Waals surface area contributed by atoms with Crippen LogP contribution < -0.4 is 4.74 Å². The molecule has 0 saturated carbocycles. The van der Waals surface area contributed by atoms with Gasteiger partial charge in [0.25, 0.3) is 0 Å². The Morgan fingerprint density at radius 1 is 1.30 bits per heavy atom. The zero-order valence-electron chi connectivity index (χ0n) is 12.8. The van der Waals surface area contributed by atoms with E-state index < -0.39 is 0 Å². The van der Waals surface area contributed by atoms with Crippen LogP contribution in [0, 0.1) is 6.92 Å². The first kappa shape index (κ1) is 14.2. The van der Waals surface area contributed by atoms with Crippen LogP contribution in [0.3, 0.4) is 0 Å². The SMILES string of the molecule is Cc1nnc([C@@H]2CN(C(=O)[C@H]3COc4ccccc43)CCO2)o1. The summed E-state index contributed by atoms with van der Waals surface area (Å²) in [6.07, 6.45) is -0.369. The molecule has 4 rings (SSSR count). The van der Waals surface area contributed by atoms with Gasteiger partial charge in [0.1, 0.15) is 18.3 Å². The first-order valence-corrected chi connectivity index (χ1v) is 7.64. The molecule has 2 aliphatic heterocycles. The van der Waals surface area contributed by atoms with Crippen molar-refractivity contribution >= 4 is 5.91 Å². The Morgan fingerprint density at radius 3 is 3.00 bits per heavy atom. The summed E-state index contributed by atoms with van der Waals surface area (Å²) in [6.45, 7) is 3.54. The molecule has 1 saturated heterocycles. The van der Waals surface area contributed by atoms with Crippen LogP contribution in [0.25, 0.3) is 0 Å². The number of benzene rings is 1. The Balaban J connectivity index is 1.51. The molecular formula is C16H17N3O4. The van der Waals surface area contributed by atoms with Gasteiger partial charge in [-0.25, -0.2) is 0 Å². The van der Waals surface area contributed by atoms with Gasteiger partial charge in [-0.2, -0.15) is 0 Å². The predicted molar refractivity (Wildman–Crippen MR) is 79.0 cm³/mol. The number of hydrogen-bond acceptors (Lipinski definition) is 6. The monoisotopic (exact) mass is 315 g/mol. The number of rotatable bonds is 2. The van der Waals surface area contributed by atoms with Crippen LogP contribution in [0.5, 0.6) is 5.75 Å². The highest BCUT2D eigenvalue weighted by Gasteiger charge is 2.36. The van der Waals surface area contributed by atoms with E-state index in [1.165, 1.54) is 0 Å². The van der Waals surface area contributed by atoms with Crippen LogP contribution in [0.4, 0.5) is 0 Å². The molecule has 7 nitrogen and oxygen atoms in total. The van der Waals surface area contributed by atoms with E-state index in [9.17, 15) is 4.79 Å². The lowest BCUT2D eigenvalue weighted by Gasteiger charge is -2.32. The van der Waals surface area contributed by atoms with Crippen molar-refractivity contribution in [3.63, 3.8) is 0 Å². The minimum absolute atomic E-state index is 0.0551. The molecule has 2 atom stereocenters. The molecule has 0 unspecified atom stereocenters. The predicted octanol–water partition coefficient (Wildman–Crippen LogP) is 1.45. The van der Waals surface area contributed by atoms with Gasteiger partial charge in [0.2, 0.25) is 17.7 Å². The first-order chi connectivity index (χ1) is 11.2. The van der Waals surface area contributed by atoms with E-state index in [0.29, 0.717) is 38.1 Å². The Labute approximate surface area is 133 Å². The van der Waals surface area contributed by atoms with Crippen molar-refractivity contribution in [3.8, 4) is 5.75 Å². The molecule has 1 fully saturated rings. The smallest absolute Gasteiger partial charge is 0.246 e. The third-order valence-electron chi connectivity index (χ3n) is 4.19. The van der Waals surface area contributed by atoms with Crippen LogP contribution >= 0.6 is 0 Å². The van der Waals surface area contributed by atoms with Crippen molar-refractivity contribution in [2.75, 3.05) is 26.3 Å². The second-order valence-corrected chi connectivity index (χ2v) is 5.70. The molecule has 1 amide bonds. The Morgan fingerprint density at radius 2 is 2.17 bits per heavy atom. The summed E-state index contributed by atoms with van der Waals surface area (Å²) >= 11 is 0. The van der Waals surface area contributed by atoms with Gasteiger partial charge in [0.05, 0.1) is 13.2 Å². The molecule has 0 radical (unpaired) electrons. The highest BCUT2D eigenvalue weighted by Crippen LogP contribution is 2.35. The summed E-state index contributed by atoms with van der Waals surface area (Å²) in [5.41, 5.74) is 0.953. The van der Waals surface area contributed by atoms with E-state index in [1.54, 1.807) is 11.8 Å². The maximum atomic E-state index is 12.9. The molecule has 2 aliphatic rings. The van der Waals surface area contributed by atoms with E-state index in [4.69, 9.17) is 13.9 Å². The summed E-state index contributed by atoms with van der Waals surface area (Å²) in [7, 11) is 0. The van der Waals surface area contributed by atoms with Gasteiger partial charge in [-0.3, -0.25) is 4.79 Å². The highest BCUT2D eigenvalue weighted by molar-refractivity contribution is 5.85. The summed E-state index contributed by atoms with van der Waals surface area (Å²) in [4.78, 5) is 14.7. The fourth-order valence-corrected chi connectivity index (χ4v) is 3.03. The van der Waals surface area contributed by atoms with Gasteiger partial charge >= 0.3 is 0 Å². The molecule has 120 valence electrons. The minimum atomic E-state index is -0.369. The molecule has 0 N–H and O–H groups in total. The fourth-order valence-electron chi connectivity index (χ4n) is 3.03. The topological polar surface area (TPSA) is 77.7 Å². The first-order valence-electron chi connectivity index (χ1n) is 7.64. The van der Waals surface area contributed by atoms with Crippen LogP contribution in [0.1, 0.15) is 29.4 Å². The lowest BCUT2D eigenvalue weighted by molar-refractivity contribution is -0.141. The average molecular weight is 315 g/mol. The number of aromatic nitrogens is 2. The number of carbonyl (C=O) groups excluding carboxylic acids is 1. The van der Waals surface area contributed by atoms with Crippen LogP contribution in [0.15, 0.2) is 28.7 Å². The number of para-hydroxylation sites is 1. The van der Waals surface area contributed by atoms with Crippen LogP contribution in [0.2, 0.25) is 0 Å². The van der Waals surface area contributed by atoms with Gasteiger partial charge in [-0.1, -0.05) is 18.2 Å². The number of morpholine rings is 1. The molecule has 23 heavy (non-hydrogen) atoms. The lowest BCUT2D eigenvalue weighted by Crippen LogP contribution is -2.44. The zero-order valence-corrected chi connectivity index (χ0v) is 12.8. The largest absolute Gasteiger partial charge is 0.492 e. The zero-order chi connectivity index (χ0) is 15.8. The maximum Gasteiger partial charge on any atom is 0.246 e. The van der Waals surface area contributed by atoms with Crippen molar-refractivity contribution in [2.45, 2.75) is 18.9 Å². The van der Waals surface area contributed by atoms with Crippen LogP contribution in [-0.4, -0.2) is 47.3 Å². The van der Waals surface area contributed by atoms with E-state index in [-0.39, 0.29) is 17.9 Å². The van der Waals surface area contributed by atoms with Crippen LogP contribution in [-0.2, 0) is 9.53 Å². The number of amides is 1. The molecule has 1 aromatic heterocycles. The van der Waals surface area contributed by atoms with E-state index in [0.717, 1.165) is 11.3 Å².